The molecule has 1 aliphatic carbocycles. The zero-order valence-electron chi connectivity index (χ0n) is 13.5. The molecule has 0 bridgehead atoms. The molecule has 0 saturated heterocycles. The number of benzene rings is 2. The van der Waals surface area contributed by atoms with Crippen molar-refractivity contribution >= 4 is 5.91 Å². The number of fused-ring (bicyclic) bond motifs is 1. The summed E-state index contributed by atoms with van der Waals surface area (Å²) in [7, 11) is 1.63. The summed E-state index contributed by atoms with van der Waals surface area (Å²) in [6.45, 7) is 1.91. The number of hydrogen-bond acceptors (Lipinski definition) is 3. The quantitative estimate of drug-likeness (QED) is 0.912. The highest BCUT2D eigenvalue weighted by molar-refractivity contribution is 5.83. The monoisotopic (exact) mass is 310 g/mol. The number of amides is 1. The Morgan fingerprint density at radius 3 is 2.57 bits per heavy atom. The van der Waals surface area contributed by atoms with Gasteiger partial charge in [-0.25, -0.2) is 0 Å². The van der Waals surface area contributed by atoms with Gasteiger partial charge in [0.15, 0.2) is 0 Å². The Morgan fingerprint density at radius 1 is 1.22 bits per heavy atom. The van der Waals surface area contributed by atoms with Crippen LogP contribution in [0.3, 0.4) is 0 Å². The Labute approximate surface area is 136 Å². The molecule has 23 heavy (non-hydrogen) atoms. The van der Waals surface area contributed by atoms with Crippen LogP contribution in [0.25, 0.3) is 0 Å². The van der Waals surface area contributed by atoms with Crippen molar-refractivity contribution < 1.29 is 9.53 Å². The number of carbonyl (C=O) groups is 1. The van der Waals surface area contributed by atoms with Crippen molar-refractivity contribution in [3.05, 3.63) is 65.2 Å². The molecule has 0 heterocycles. The number of nitrogens with two attached hydrogens (primary N) is 1. The zero-order valence-corrected chi connectivity index (χ0v) is 13.5. The summed E-state index contributed by atoms with van der Waals surface area (Å²) >= 11 is 0. The molecule has 2 aromatic rings. The fourth-order valence-corrected chi connectivity index (χ4v) is 3.12. The molecule has 3 atom stereocenters. The third kappa shape index (κ3) is 3.08. The van der Waals surface area contributed by atoms with Crippen molar-refractivity contribution in [2.24, 2.45) is 5.73 Å². The molecule has 1 aliphatic rings. The van der Waals surface area contributed by atoms with Gasteiger partial charge in [0, 0.05) is 0 Å². The number of ether oxygens (including phenoxy) is 1. The van der Waals surface area contributed by atoms with E-state index >= 15 is 0 Å². The third-order valence-electron chi connectivity index (χ3n) is 4.62. The first-order valence-corrected chi connectivity index (χ1v) is 7.88. The molecule has 3 N–H and O–H groups in total. The summed E-state index contributed by atoms with van der Waals surface area (Å²) in [5.74, 6) is 0.565. The van der Waals surface area contributed by atoms with Crippen molar-refractivity contribution in [3.8, 4) is 5.75 Å². The van der Waals surface area contributed by atoms with Gasteiger partial charge in [0.05, 0.1) is 25.1 Å². The standard InChI is InChI=1S/C19H22N2O2/c1-12(13-7-9-15(23-2)10-8-13)19(22)21-17-11-14-5-3-4-6-16(14)18(17)20/h3-10,12,17-18H,11,20H2,1-2H3,(H,21,22)/t12?,17-,18?/m0/s1. The Kier molecular flexibility index (Phi) is 4.35. The minimum absolute atomic E-state index is 0.00317. The average molecular weight is 310 g/mol. The molecule has 4 heteroatoms. The topological polar surface area (TPSA) is 64.3 Å². The van der Waals surface area contributed by atoms with Crippen molar-refractivity contribution in [2.75, 3.05) is 7.11 Å². The van der Waals surface area contributed by atoms with Gasteiger partial charge in [-0.2, -0.15) is 0 Å². The molecule has 3 rings (SSSR count). The van der Waals surface area contributed by atoms with Gasteiger partial charge in [-0.1, -0.05) is 36.4 Å². The van der Waals surface area contributed by atoms with E-state index in [9.17, 15) is 4.79 Å². The number of hydrogen-bond donors (Lipinski definition) is 2. The average Bonchev–Trinajstić information content (AvgIpc) is 2.90. The van der Waals surface area contributed by atoms with E-state index < -0.39 is 0 Å². The molecule has 2 unspecified atom stereocenters. The van der Waals surface area contributed by atoms with Gasteiger partial charge in [0.2, 0.25) is 5.91 Å². The van der Waals surface area contributed by atoms with Crippen molar-refractivity contribution in [3.63, 3.8) is 0 Å². The second kappa shape index (κ2) is 6.42. The lowest BCUT2D eigenvalue weighted by Crippen LogP contribution is -2.42. The van der Waals surface area contributed by atoms with Crippen LogP contribution in [0.1, 0.15) is 35.6 Å². The maximum atomic E-state index is 12.6. The van der Waals surface area contributed by atoms with E-state index in [-0.39, 0.29) is 23.9 Å². The fraction of sp³-hybridized carbons (Fsp3) is 0.316. The first kappa shape index (κ1) is 15.6. The molecule has 1 amide bonds. The minimum Gasteiger partial charge on any atom is -0.497 e. The Hall–Kier alpha value is -2.33. The van der Waals surface area contributed by atoms with Crippen molar-refractivity contribution in [2.45, 2.75) is 31.3 Å². The largest absolute Gasteiger partial charge is 0.497 e. The van der Waals surface area contributed by atoms with E-state index in [1.165, 1.54) is 5.56 Å². The molecule has 0 aliphatic heterocycles. The predicted octanol–water partition coefficient (Wildman–Crippen LogP) is 2.54. The van der Waals surface area contributed by atoms with Crippen LogP contribution in [0, 0.1) is 0 Å². The number of nitrogens with one attached hydrogen (secondary N) is 1. The second-order valence-electron chi connectivity index (χ2n) is 6.04. The highest BCUT2D eigenvalue weighted by Gasteiger charge is 2.31. The van der Waals surface area contributed by atoms with Crippen LogP contribution < -0.4 is 15.8 Å². The van der Waals surface area contributed by atoms with Crippen LogP contribution in [-0.2, 0) is 11.2 Å². The second-order valence-corrected chi connectivity index (χ2v) is 6.04. The van der Waals surface area contributed by atoms with Gasteiger partial charge < -0.3 is 15.8 Å². The molecular weight excluding hydrogens is 288 g/mol. The van der Waals surface area contributed by atoms with Crippen LogP contribution in [0.4, 0.5) is 0 Å². The Bertz CT molecular complexity index is 697. The highest BCUT2D eigenvalue weighted by atomic mass is 16.5. The first-order valence-electron chi connectivity index (χ1n) is 7.88. The number of methoxy groups -OCH3 is 1. The normalized spacial score (nSPS) is 20.7. The lowest BCUT2D eigenvalue weighted by atomic mass is 9.99. The first-order chi connectivity index (χ1) is 11.1. The SMILES string of the molecule is COc1ccc(C(C)C(=O)N[C@H]2Cc3ccccc3C2N)cc1. The van der Waals surface area contributed by atoms with Gasteiger partial charge in [-0.15, -0.1) is 0 Å². The van der Waals surface area contributed by atoms with Crippen LogP contribution in [0.2, 0.25) is 0 Å². The summed E-state index contributed by atoms with van der Waals surface area (Å²) in [5.41, 5.74) is 9.61. The van der Waals surface area contributed by atoms with E-state index in [0.717, 1.165) is 23.3 Å². The van der Waals surface area contributed by atoms with E-state index in [2.05, 4.69) is 11.4 Å². The van der Waals surface area contributed by atoms with Gasteiger partial charge in [0.25, 0.3) is 0 Å². The molecule has 0 fully saturated rings. The van der Waals surface area contributed by atoms with Crippen LogP contribution in [0.5, 0.6) is 5.75 Å². The lowest BCUT2D eigenvalue weighted by Gasteiger charge is -2.21. The van der Waals surface area contributed by atoms with E-state index in [1.807, 2.05) is 49.4 Å². The van der Waals surface area contributed by atoms with Crippen molar-refractivity contribution in [1.29, 1.82) is 0 Å². The Balaban J connectivity index is 1.67. The molecule has 0 aromatic heterocycles. The molecule has 0 radical (unpaired) electrons. The summed E-state index contributed by atoms with van der Waals surface area (Å²) in [5, 5.41) is 3.11. The van der Waals surface area contributed by atoms with Gasteiger partial charge in [-0.05, 0) is 42.2 Å². The maximum absolute atomic E-state index is 12.6. The minimum atomic E-state index is -0.225. The lowest BCUT2D eigenvalue weighted by molar-refractivity contribution is -0.123. The van der Waals surface area contributed by atoms with E-state index in [1.54, 1.807) is 7.11 Å². The summed E-state index contributed by atoms with van der Waals surface area (Å²) in [6, 6.07) is 15.5. The predicted molar refractivity (Wildman–Crippen MR) is 90.4 cm³/mol. The highest BCUT2D eigenvalue weighted by Crippen LogP contribution is 2.30. The third-order valence-corrected chi connectivity index (χ3v) is 4.62. The van der Waals surface area contributed by atoms with Gasteiger partial charge >= 0.3 is 0 Å². The summed E-state index contributed by atoms with van der Waals surface area (Å²) in [4.78, 5) is 12.6. The van der Waals surface area contributed by atoms with Crippen LogP contribution in [0.15, 0.2) is 48.5 Å². The van der Waals surface area contributed by atoms with Gasteiger partial charge in [-0.3, -0.25) is 4.79 Å². The van der Waals surface area contributed by atoms with Gasteiger partial charge in [0.1, 0.15) is 5.75 Å². The van der Waals surface area contributed by atoms with Crippen LogP contribution in [-0.4, -0.2) is 19.1 Å². The van der Waals surface area contributed by atoms with E-state index in [4.69, 9.17) is 10.5 Å². The van der Waals surface area contributed by atoms with Crippen molar-refractivity contribution in [1.82, 2.24) is 5.32 Å². The van der Waals surface area contributed by atoms with Crippen LogP contribution >= 0.6 is 0 Å². The molecule has 120 valence electrons. The molecule has 2 aromatic carbocycles. The maximum Gasteiger partial charge on any atom is 0.227 e. The summed E-state index contributed by atoms with van der Waals surface area (Å²) in [6.07, 6.45) is 0.790. The molecule has 4 nitrogen and oxygen atoms in total. The smallest absolute Gasteiger partial charge is 0.227 e. The fourth-order valence-electron chi connectivity index (χ4n) is 3.12. The molecule has 0 spiro atoms. The van der Waals surface area contributed by atoms with E-state index in [0.29, 0.717) is 0 Å². The molecule has 0 saturated carbocycles. The summed E-state index contributed by atoms with van der Waals surface area (Å²) < 4.78 is 5.15. The number of rotatable bonds is 4. The zero-order chi connectivity index (χ0) is 16.4. The Morgan fingerprint density at radius 2 is 1.91 bits per heavy atom. The molecular formula is C19H22N2O2. The number of carbonyl (C=O) groups excluding carboxylic acids is 1.